The van der Waals surface area contributed by atoms with Crippen molar-refractivity contribution in [3.63, 3.8) is 0 Å². The molecule has 2 N–H and O–H groups in total. The molecule has 0 saturated heterocycles. The molecule has 0 atom stereocenters. The maximum atomic E-state index is 12.0. The van der Waals surface area contributed by atoms with Crippen LogP contribution in [0, 0.1) is 0 Å². The van der Waals surface area contributed by atoms with Crippen molar-refractivity contribution in [2.24, 2.45) is 0 Å². The first-order valence-electron chi connectivity index (χ1n) is 5.96. The van der Waals surface area contributed by atoms with Crippen molar-refractivity contribution in [3.8, 4) is 0 Å². The lowest BCUT2D eigenvalue weighted by molar-refractivity contribution is 0.341. The molecule has 5 heteroatoms. The minimum absolute atomic E-state index is 0.132. The van der Waals surface area contributed by atoms with E-state index in [-0.39, 0.29) is 5.56 Å². The number of benzene rings is 2. The predicted molar refractivity (Wildman–Crippen MR) is 76.7 cm³/mol. The van der Waals surface area contributed by atoms with Gasteiger partial charge in [0.25, 0.3) is 5.56 Å². The topological polar surface area (TPSA) is 62.3 Å². The molecule has 0 amide bonds. The van der Waals surface area contributed by atoms with E-state index in [4.69, 9.17) is 4.65 Å². The van der Waals surface area contributed by atoms with Crippen molar-refractivity contribution >= 4 is 34.3 Å². The van der Waals surface area contributed by atoms with Crippen molar-refractivity contribution in [2.75, 3.05) is 7.11 Å². The van der Waals surface area contributed by atoms with Crippen LogP contribution in [0.5, 0.6) is 0 Å². The Labute approximate surface area is 109 Å². The summed E-state index contributed by atoms with van der Waals surface area (Å²) in [6.45, 7) is 0. The molecule has 3 rings (SSSR count). The standard InChI is InChI=1S/C14H12BNO3/c1-19-15(18)9-6-7-11-10-4-2-3-5-12(10)14(17)16-13(11)8-9/h2-8,18H,1H3,(H,16,17). The van der Waals surface area contributed by atoms with Gasteiger partial charge in [-0.25, -0.2) is 0 Å². The fourth-order valence-corrected chi connectivity index (χ4v) is 2.30. The molecule has 0 saturated carbocycles. The SMILES string of the molecule is COB(O)c1ccc2c(c1)[nH]c(=O)c1ccccc12. The first-order chi connectivity index (χ1) is 9.20. The lowest BCUT2D eigenvalue weighted by atomic mass is 9.79. The molecule has 0 aliphatic rings. The molecule has 0 aliphatic carbocycles. The zero-order valence-electron chi connectivity index (χ0n) is 10.4. The Morgan fingerprint density at radius 2 is 1.84 bits per heavy atom. The lowest BCUT2D eigenvalue weighted by Crippen LogP contribution is -2.32. The lowest BCUT2D eigenvalue weighted by Gasteiger charge is -2.07. The molecule has 2 aromatic carbocycles. The second kappa shape index (κ2) is 4.53. The van der Waals surface area contributed by atoms with Crippen molar-refractivity contribution in [2.45, 2.75) is 0 Å². The number of hydrogen-bond donors (Lipinski definition) is 2. The zero-order chi connectivity index (χ0) is 13.4. The molecule has 0 spiro atoms. The van der Waals surface area contributed by atoms with Gasteiger partial charge in [-0.2, -0.15) is 0 Å². The van der Waals surface area contributed by atoms with Crippen LogP contribution in [0.15, 0.2) is 47.3 Å². The number of nitrogens with one attached hydrogen (secondary N) is 1. The maximum absolute atomic E-state index is 12.0. The first-order valence-corrected chi connectivity index (χ1v) is 5.96. The minimum Gasteiger partial charge on any atom is -0.423 e. The molecule has 1 heterocycles. The fourth-order valence-electron chi connectivity index (χ4n) is 2.30. The summed E-state index contributed by atoms with van der Waals surface area (Å²) >= 11 is 0. The van der Waals surface area contributed by atoms with E-state index in [0.29, 0.717) is 16.4 Å². The summed E-state index contributed by atoms with van der Waals surface area (Å²) in [4.78, 5) is 14.8. The van der Waals surface area contributed by atoms with Crippen molar-refractivity contribution in [1.82, 2.24) is 4.98 Å². The van der Waals surface area contributed by atoms with Gasteiger partial charge in [-0.3, -0.25) is 4.79 Å². The average Bonchev–Trinajstić information content (AvgIpc) is 2.46. The first kappa shape index (κ1) is 12.0. The molecular formula is C14H12BNO3. The van der Waals surface area contributed by atoms with Crippen molar-refractivity contribution in [3.05, 3.63) is 52.8 Å². The van der Waals surface area contributed by atoms with E-state index in [0.717, 1.165) is 10.8 Å². The molecule has 19 heavy (non-hydrogen) atoms. The summed E-state index contributed by atoms with van der Waals surface area (Å²) in [7, 11) is 0.442. The average molecular weight is 253 g/mol. The molecule has 4 nitrogen and oxygen atoms in total. The van der Waals surface area contributed by atoms with Gasteiger partial charge in [0.2, 0.25) is 0 Å². The van der Waals surface area contributed by atoms with Gasteiger partial charge in [0.05, 0.1) is 0 Å². The Morgan fingerprint density at radius 1 is 1.11 bits per heavy atom. The molecule has 3 aromatic rings. The van der Waals surface area contributed by atoms with Crippen LogP contribution in [0.1, 0.15) is 0 Å². The van der Waals surface area contributed by atoms with E-state index < -0.39 is 7.12 Å². The van der Waals surface area contributed by atoms with Crippen LogP contribution in [0.25, 0.3) is 21.7 Å². The molecule has 0 bridgehead atoms. The van der Waals surface area contributed by atoms with Crippen LogP contribution < -0.4 is 11.0 Å². The highest BCUT2D eigenvalue weighted by Gasteiger charge is 2.15. The van der Waals surface area contributed by atoms with E-state index in [1.54, 1.807) is 18.2 Å². The van der Waals surface area contributed by atoms with Gasteiger partial charge in [0.15, 0.2) is 0 Å². The van der Waals surface area contributed by atoms with Crippen LogP contribution >= 0.6 is 0 Å². The monoisotopic (exact) mass is 253 g/mol. The van der Waals surface area contributed by atoms with E-state index in [9.17, 15) is 9.82 Å². The highest BCUT2D eigenvalue weighted by molar-refractivity contribution is 6.60. The molecule has 94 valence electrons. The van der Waals surface area contributed by atoms with E-state index >= 15 is 0 Å². The summed E-state index contributed by atoms with van der Waals surface area (Å²) in [6, 6.07) is 12.9. The van der Waals surface area contributed by atoms with E-state index in [1.807, 2.05) is 24.3 Å². The predicted octanol–water partition coefficient (Wildman–Crippen LogP) is 1.02. The summed E-state index contributed by atoms with van der Waals surface area (Å²) in [5.74, 6) is 0. The van der Waals surface area contributed by atoms with Crippen LogP contribution in [0.3, 0.4) is 0 Å². The summed E-state index contributed by atoms with van der Waals surface area (Å²) in [5.41, 5.74) is 1.17. The van der Waals surface area contributed by atoms with Gasteiger partial charge in [0.1, 0.15) is 0 Å². The summed E-state index contributed by atoms with van der Waals surface area (Å²) in [6.07, 6.45) is 0. The van der Waals surface area contributed by atoms with Gasteiger partial charge < -0.3 is 14.7 Å². The molecular weight excluding hydrogens is 241 g/mol. The molecule has 0 aliphatic heterocycles. The van der Waals surface area contributed by atoms with Crippen molar-refractivity contribution < 1.29 is 9.68 Å². The number of aromatic amines is 1. The van der Waals surface area contributed by atoms with Crippen molar-refractivity contribution in [1.29, 1.82) is 0 Å². The second-order valence-corrected chi connectivity index (χ2v) is 4.39. The highest BCUT2D eigenvalue weighted by Crippen LogP contribution is 2.19. The Hall–Kier alpha value is -2.11. The fraction of sp³-hybridized carbons (Fsp3) is 0.0714. The third-order valence-electron chi connectivity index (χ3n) is 3.26. The molecule has 0 fully saturated rings. The second-order valence-electron chi connectivity index (χ2n) is 4.39. The number of H-pyrrole nitrogens is 1. The third-order valence-corrected chi connectivity index (χ3v) is 3.26. The molecule has 1 aromatic heterocycles. The highest BCUT2D eigenvalue weighted by atomic mass is 16.5. The van der Waals surface area contributed by atoms with Gasteiger partial charge in [-0.1, -0.05) is 30.3 Å². The van der Waals surface area contributed by atoms with E-state index in [1.165, 1.54) is 7.11 Å². The summed E-state index contributed by atoms with van der Waals surface area (Å²) < 4.78 is 4.87. The number of aromatic nitrogens is 1. The zero-order valence-corrected chi connectivity index (χ0v) is 10.4. The van der Waals surface area contributed by atoms with Gasteiger partial charge in [0, 0.05) is 23.4 Å². The van der Waals surface area contributed by atoms with E-state index in [2.05, 4.69) is 4.98 Å². The minimum atomic E-state index is -0.987. The van der Waals surface area contributed by atoms with Gasteiger partial charge in [-0.15, -0.1) is 0 Å². The Balaban J connectivity index is 2.37. The largest absolute Gasteiger partial charge is 0.491 e. The van der Waals surface area contributed by atoms with Gasteiger partial charge in [-0.05, 0) is 23.0 Å². The smallest absolute Gasteiger partial charge is 0.423 e. The number of pyridine rings is 1. The number of fused-ring (bicyclic) bond motifs is 3. The quantitative estimate of drug-likeness (QED) is 0.529. The molecule has 0 unspecified atom stereocenters. The maximum Gasteiger partial charge on any atom is 0.491 e. The normalized spacial score (nSPS) is 11.1. The van der Waals surface area contributed by atoms with Gasteiger partial charge >= 0.3 is 7.12 Å². The van der Waals surface area contributed by atoms with Crippen LogP contribution in [0.4, 0.5) is 0 Å². The number of hydrogen-bond acceptors (Lipinski definition) is 3. The number of rotatable bonds is 2. The van der Waals surface area contributed by atoms with Crippen LogP contribution in [-0.4, -0.2) is 24.2 Å². The third kappa shape index (κ3) is 1.93. The summed E-state index contributed by atoms with van der Waals surface area (Å²) in [5, 5.41) is 12.2. The Kier molecular flexibility index (Phi) is 2.85. The molecule has 0 radical (unpaired) electrons. The van der Waals surface area contributed by atoms with Crippen LogP contribution in [-0.2, 0) is 4.65 Å². The van der Waals surface area contributed by atoms with Crippen LogP contribution in [0.2, 0.25) is 0 Å². The Morgan fingerprint density at radius 3 is 2.58 bits per heavy atom. The Bertz CT molecular complexity index is 812.